The van der Waals surface area contributed by atoms with Crippen LogP contribution in [-0.4, -0.2) is 33.3 Å². The second-order valence-corrected chi connectivity index (χ2v) is 7.71. The molecule has 1 N–H and O–H groups in total. The van der Waals surface area contributed by atoms with Crippen molar-refractivity contribution in [2.45, 2.75) is 13.8 Å². The van der Waals surface area contributed by atoms with Gasteiger partial charge in [0.15, 0.2) is 0 Å². The highest BCUT2D eigenvalue weighted by molar-refractivity contribution is 7.92. The number of nitrogens with one attached hydrogen (secondary N) is 1. The minimum absolute atomic E-state index is 0.210. The van der Waals surface area contributed by atoms with Crippen LogP contribution >= 0.6 is 0 Å². The largest absolute Gasteiger partial charge is 0.271 e. The normalized spacial score (nSPS) is 11.5. The summed E-state index contributed by atoms with van der Waals surface area (Å²) >= 11 is 0. The number of hydrazone groups is 1. The van der Waals surface area contributed by atoms with Crippen molar-refractivity contribution in [1.82, 2.24) is 5.43 Å². The van der Waals surface area contributed by atoms with Gasteiger partial charge in [-0.3, -0.25) is 9.10 Å². The highest BCUT2D eigenvalue weighted by atomic mass is 32.2. The van der Waals surface area contributed by atoms with Gasteiger partial charge in [0, 0.05) is 5.56 Å². The van der Waals surface area contributed by atoms with E-state index < -0.39 is 28.3 Å². The van der Waals surface area contributed by atoms with Crippen molar-refractivity contribution >= 4 is 27.8 Å². The van der Waals surface area contributed by atoms with E-state index in [0.717, 1.165) is 27.9 Å². The molecule has 6 nitrogen and oxygen atoms in total. The minimum Gasteiger partial charge on any atom is -0.271 e. The van der Waals surface area contributed by atoms with Gasteiger partial charge in [0.25, 0.3) is 5.91 Å². The summed E-state index contributed by atoms with van der Waals surface area (Å²) in [4.78, 5) is 12.1. The number of hydrogen-bond acceptors (Lipinski definition) is 4. The summed E-state index contributed by atoms with van der Waals surface area (Å²) in [6, 6.07) is 11.2. The maximum absolute atomic E-state index is 13.5. The van der Waals surface area contributed by atoms with Gasteiger partial charge in [-0.25, -0.2) is 18.2 Å². The van der Waals surface area contributed by atoms with Crippen molar-refractivity contribution in [3.05, 3.63) is 65.0 Å². The number of benzene rings is 2. The molecule has 8 heteroatoms. The molecule has 0 fully saturated rings. The topological polar surface area (TPSA) is 78.8 Å². The second kappa shape index (κ2) is 8.09. The van der Waals surface area contributed by atoms with E-state index in [1.165, 1.54) is 12.1 Å². The number of nitrogens with zero attached hydrogens (tertiary/aromatic N) is 2. The van der Waals surface area contributed by atoms with Gasteiger partial charge in [0.1, 0.15) is 12.4 Å². The molecule has 26 heavy (non-hydrogen) atoms. The van der Waals surface area contributed by atoms with Crippen LogP contribution in [0.1, 0.15) is 16.7 Å². The van der Waals surface area contributed by atoms with Crippen LogP contribution in [0.5, 0.6) is 0 Å². The number of halogens is 1. The molecule has 0 radical (unpaired) electrons. The Morgan fingerprint density at radius 1 is 1.19 bits per heavy atom. The Balaban J connectivity index is 2.15. The fourth-order valence-electron chi connectivity index (χ4n) is 2.31. The van der Waals surface area contributed by atoms with Gasteiger partial charge < -0.3 is 0 Å². The van der Waals surface area contributed by atoms with E-state index in [9.17, 15) is 17.6 Å². The first kappa shape index (κ1) is 19.6. The SMILES string of the molecule is Cc1cccc(N(CC(=O)N/N=C\c2ccccc2F)S(C)(=O)=O)c1C. The van der Waals surface area contributed by atoms with Crippen molar-refractivity contribution in [3.63, 3.8) is 0 Å². The van der Waals surface area contributed by atoms with Crippen LogP contribution in [0.15, 0.2) is 47.6 Å². The molecule has 0 spiro atoms. The molecule has 1 amide bonds. The number of carbonyl (C=O) groups excluding carboxylic acids is 1. The number of hydrogen-bond donors (Lipinski definition) is 1. The van der Waals surface area contributed by atoms with Crippen LogP contribution in [0.3, 0.4) is 0 Å². The molecule has 2 rings (SSSR count). The summed E-state index contributed by atoms with van der Waals surface area (Å²) in [5.41, 5.74) is 4.54. The van der Waals surface area contributed by atoms with Crippen molar-refractivity contribution in [3.8, 4) is 0 Å². The molecule has 0 atom stereocenters. The summed E-state index contributed by atoms with van der Waals surface area (Å²) in [5, 5.41) is 3.69. The monoisotopic (exact) mass is 377 g/mol. The number of sulfonamides is 1. The number of carbonyl (C=O) groups is 1. The minimum atomic E-state index is -3.68. The zero-order valence-electron chi connectivity index (χ0n) is 14.7. The fourth-order valence-corrected chi connectivity index (χ4v) is 3.21. The molecule has 0 unspecified atom stereocenters. The first-order valence-electron chi connectivity index (χ1n) is 7.80. The van der Waals surface area contributed by atoms with Crippen molar-refractivity contribution in [1.29, 1.82) is 0 Å². The summed E-state index contributed by atoms with van der Waals surface area (Å²) in [6.07, 6.45) is 2.20. The van der Waals surface area contributed by atoms with E-state index in [2.05, 4.69) is 10.5 Å². The van der Waals surface area contributed by atoms with E-state index in [1.807, 2.05) is 13.0 Å². The molecule has 2 aromatic carbocycles. The molecule has 0 saturated carbocycles. The quantitative estimate of drug-likeness (QED) is 0.620. The molecule has 0 aliphatic carbocycles. The Labute approximate surface area is 152 Å². The van der Waals surface area contributed by atoms with Crippen LogP contribution in [0, 0.1) is 19.7 Å². The third kappa shape index (κ3) is 4.89. The van der Waals surface area contributed by atoms with Crippen molar-refractivity contribution in [2.24, 2.45) is 5.10 Å². The molecular formula is C18H20FN3O3S. The molecule has 0 aliphatic heterocycles. The Morgan fingerprint density at radius 3 is 2.54 bits per heavy atom. The zero-order chi connectivity index (χ0) is 19.3. The maximum Gasteiger partial charge on any atom is 0.260 e. The molecule has 0 bridgehead atoms. The third-order valence-electron chi connectivity index (χ3n) is 3.83. The number of anilines is 1. The summed E-state index contributed by atoms with van der Waals surface area (Å²) in [7, 11) is -3.68. The molecule has 0 aromatic heterocycles. The summed E-state index contributed by atoms with van der Waals surface area (Å²) < 4.78 is 38.8. The van der Waals surface area contributed by atoms with E-state index >= 15 is 0 Å². The maximum atomic E-state index is 13.5. The van der Waals surface area contributed by atoms with Crippen LogP contribution in [0.4, 0.5) is 10.1 Å². The van der Waals surface area contributed by atoms with Gasteiger partial charge in [-0.15, -0.1) is 0 Å². The highest BCUT2D eigenvalue weighted by Gasteiger charge is 2.22. The van der Waals surface area contributed by atoms with Gasteiger partial charge in [0.05, 0.1) is 18.2 Å². The molecule has 0 saturated heterocycles. The van der Waals surface area contributed by atoms with Gasteiger partial charge in [-0.05, 0) is 37.1 Å². The fraction of sp³-hybridized carbons (Fsp3) is 0.222. The first-order valence-corrected chi connectivity index (χ1v) is 9.65. The van der Waals surface area contributed by atoms with Gasteiger partial charge in [-0.1, -0.05) is 30.3 Å². The Morgan fingerprint density at radius 2 is 1.88 bits per heavy atom. The molecule has 138 valence electrons. The van der Waals surface area contributed by atoms with Gasteiger partial charge in [-0.2, -0.15) is 5.10 Å². The number of aryl methyl sites for hydroxylation is 1. The van der Waals surface area contributed by atoms with Crippen LogP contribution in [0.2, 0.25) is 0 Å². The number of amides is 1. The van der Waals surface area contributed by atoms with Crippen molar-refractivity contribution in [2.75, 3.05) is 17.1 Å². The summed E-state index contributed by atoms with van der Waals surface area (Å²) in [6.45, 7) is 3.22. The molecule has 0 heterocycles. The Bertz CT molecular complexity index is 942. The average molecular weight is 377 g/mol. The van der Waals surface area contributed by atoms with Crippen molar-refractivity contribution < 1.29 is 17.6 Å². The molecule has 2 aromatic rings. The van der Waals surface area contributed by atoms with Crippen LogP contribution in [0.25, 0.3) is 0 Å². The van der Waals surface area contributed by atoms with Gasteiger partial charge >= 0.3 is 0 Å². The summed E-state index contributed by atoms with van der Waals surface area (Å²) in [5.74, 6) is -1.11. The lowest BCUT2D eigenvalue weighted by atomic mass is 10.1. The standard InChI is InChI=1S/C18H20FN3O3S/c1-13-7-6-10-17(14(13)2)22(26(3,24)25)12-18(23)21-20-11-15-8-4-5-9-16(15)19/h4-11H,12H2,1-3H3,(H,21,23)/b20-11-. The average Bonchev–Trinajstić information content (AvgIpc) is 2.56. The van der Waals surface area contributed by atoms with E-state index in [0.29, 0.717) is 5.69 Å². The molecule has 0 aliphatic rings. The lowest BCUT2D eigenvalue weighted by Gasteiger charge is -2.23. The van der Waals surface area contributed by atoms with E-state index in [4.69, 9.17) is 0 Å². The zero-order valence-corrected chi connectivity index (χ0v) is 15.5. The molecular weight excluding hydrogens is 357 g/mol. The van der Waals surface area contributed by atoms with Crippen LogP contribution < -0.4 is 9.73 Å². The first-order chi connectivity index (χ1) is 12.2. The third-order valence-corrected chi connectivity index (χ3v) is 4.96. The van der Waals surface area contributed by atoms with Gasteiger partial charge in [0.2, 0.25) is 10.0 Å². The predicted octanol–water partition coefficient (Wildman–Crippen LogP) is 2.36. The highest BCUT2D eigenvalue weighted by Crippen LogP contribution is 2.24. The van der Waals surface area contributed by atoms with E-state index in [-0.39, 0.29) is 5.56 Å². The smallest absolute Gasteiger partial charge is 0.260 e. The van der Waals surface area contributed by atoms with E-state index in [1.54, 1.807) is 31.2 Å². The number of rotatable bonds is 6. The lowest BCUT2D eigenvalue weighted by molar-refractivity contribution is -0.119. The Kier molecular flexibility index (Phi) is 6.10. The lowest BCUT2D eigenvalue weighted by Crippen LogP contribution is -2.39. The Hall–Kier alpha value is -2.74. The predicted molar refractivity (Wildman–Crippen MR) is 100 cm³/mol. The second-order valence-electron chi connectivity index (χ2n) is 5.80. The van der Waals surface area contributed by atoms with Crippen LogP contribution in [-0.2, 0) is 14.8 Å².